The highest BCUT2D eigenvalue weighted by Gasteiger charge is 2.27. The molecule has 0 spiro atoms. The molecule has 0 bridgehead atoms. The quantitative estimate of drug-likeness (QED) is 0.0211. The van der Waals surface area contributed by atoms with Crippen LogP contribution in [0.5, 0.6) is 0 Å². The number of likely N-dealkylation sites (N-methyl/N-ethyl adjacent to an activating group) is 1. The Morgan fingerprint density at radius 3 is 0.769 bits per heavy atom. The molecule has 2 unspecified atom stereocenters. The van der Waals surface area contributed by atoms with Crippen LogP contribution in [0.2, 0.25) is 0 Å². The van der Waals surface area contributed by atoms with Gasteiger partial charge >= 0.3 is 19.8 Å². The standard InChI is InChI=1S/C94H146NO8P/c1-6-8-10-12-14-16-18-20-22-24-26-28-30-32-34-36-38-40-42-44-46-47-49-51-53-55-57-59-61-63-65-67-69-71-73-75-77-79-81-83-85-87-94(97)103-92(91-102-104(98,99)101-89-88-95(3,4)5)90-100-93(96)86-84-82-80-78-76-74-72-70-68-66-64-62-60-58-56-54-52-50-48-45-43-41-39-37-35-33-31-29-27-25-23-21-19-17-15-13-11-9-7-2/h8-11,14-17,20-23,26-29,32-35,38-41,44-46,48-49,51-52,54-55,57-58,60-61,63,67,69,73,75,92H,6-7,12-13,18-19,24-25,30-31,36-37,42-43,47,50,53,56,59,62,64-66,68,70-72,74,76-91H2,1-5H3/p+1/b10-8-,11-9-,16-14-,17-15-,22-20-,23-21-,28-26-,29-27-,34-32-,35-33-,40-38-,41-39-,46-44-,48-45-,51-49-,54-52-,57-55-,60-58-,63-61-,69-67-,75-73-. The highest BCUT2D eigenvalue weighted by Crippen LogP contribution is 2.43. The third-order valence-corrected chi connectivity index (χ3v) is 17.0. The summed E-state index contributed by atoms with van der Waals surface area (Å²) in [7, 11) is 1.42. The van der Waals surface area contributed by atoms with Crippen molar-refractivity contribution < 1.29 is 42.1 Å². The molecule has 2 atom stereocenters. The molecule has 0 aliphatic heterocycles. The molecule has 0 saturated carbocycles. The first-order valence-corrected chi connectivity index (χ1v) is 41.9. The number of carbonyl (C=O) groups is 2. The Balaban J connectivity index is 4.16. The summed E-state index contributed by atoms with van der Waals surface area (Å²) in [6.45, 7) is 4.14. The SMILES string of the molecule is CC/C=C\C/C=C\C/C=C\C/C=C\C/C=C\C/C=C\C/C=C\C/C=C\C/C=C\C/C=C\C/C=C\C/C=C\CCCCCCC(=O)OC(COC(=O)CCCCCCCCCCCCC/C=C\C/C=C\C/C=C\C/C=C\C/C=C\C/C=C\C/C=C\C/C=C\C/C=C\CC)COP(=O)(O)OCC[N+](C)(C)C. The van der Waals surface area contributed by atoms with Gasteiger partial charge in [0.05, 0.1) is 27.7 Å². The first kappa shape index (κ1) is 97.5. The molecule has 0 heterocycles. The van der Waals surface area contributed by atoms with Crippen LogP contribution in [-0.2, 0) is 32.7 Å². The lowest BCUT2D eigenvalue weighted by Crippen LogP contribution is -2.37. The molecule has 0 aromatic rings. The van der Waals surface area contributed by atoms with E-state index in [9.17, 15) is 19.0 Å². The zero-order valence-corrected chi connectivity index (χ0v) is 67.0. The second kappa shape index (κ2) is 80.6. The molecule has 0 aromatic heterocycles. The van der Waals surface area contributed by atoms with Crippen LogP contribution in [0.3, 0.4) is 0 Å². The van der Waals surface area contributed by atoms with Gasteiger partial charge in [-0.3, -0.25) is 18.6 Å². The maximum absolute atomic E-state index is 12.9. The van der Waals surface area contributed by atoms with E-state index in [1.54, 1.807) is 0 Å². The molecule has 9 nitrogen and oxygen atoms in total. The van der Waals surface area contributed by atoms with Crippen molar-refractivity contribution in [2.45, 2.75) is 277 Å². The molecule has 0 rings (SSSR count). The summed E-state index contributed by atoms with van der Waals surface area (Å²) < 4.78 is 34.8. The Morgan fingerprint density at radius 2 is 0.519 bits per heavy atom. The summed E-state index contributed by atoms with van der Waals surface area (Å²) in [4.78, 5) is 36.0. The molecule has 580 valence electrons. The molecule has 0 fully saturated rings. The lowest BCUT2D eigenvalue weighted by molar-refractivity contribution is -0.870. The van der Waals surface area contributed by atoms with Gasteiger partial charge < -0.3 is 18.9 Å². The van der Waals surface area contributed by atoms with Crippen molar-refractivity contribution in [1.82, 2.24) is 0 Å². The van der Waals surface area contributed by atoms with Crippen molar-refractivity contribution in [2.24, 2.45) is 0 Å². The summed E-state index contributed by atoms with van der Waals surface area (Å²) in [5.74, 6) is -0.847. The van der Waals surface area contributed by atoms with E-state index in [1.165, 1.54) is 44.9 Å². The molecule has 1 N–H and O–H groups in total. The van der Waals surface area contributed by atoms with Gasteiger partial charge in [-0.2, -0.15) is 0 Å². The number of hydrogen-bond acceptors (Lipinski definition) is 7. The first-order chi connectivity index (χ1) is 51.0. The second-order valence-electron chi connectivity index (χ2n) is 27.0. The number of esters is 2. The van der Waals surface area contributed by atoms with Gasteiger partial charge in [-0.1, -0.05) is 340 Å². The Kier molecular flexibility index (Phi) is 75.6. The van der Waals surface area contributed by atoms with Crippen LogP contribution in [0.4, 0.5) is 0 Å². The van der Waals surface area contributed by atoms with E-state index in [-0.39, 0.29) is 32.0 Å². The first-order valence-electron chi connectivity index (χ1n) is 40.4. The van der Waals surface area contributed by atoms with Gasteiger partial charge in [0.2, 0.25) is 0 Å². The number of rotatable bonds is 71. The van der Waals surface area contributed by atoms with E-state index in [0.29, 0.717) is 17.4 Å². The van der Waals surface area contributed by atoms with Crippen LogP contribution in [0.1, 0.15) is 271 Å². The minimum Gasteiger partial charge on any atom is -0.462 e. The van der Waals surface area contributed by atoms with Crippen molar-refractivity contribution in [1.29, 1.82) is 0 Å². The van der Waals surface area contributed by atoms with Gasteiger partial charge in [-0.05, 0) is 173 Å². The number of allylic oxidation sites excluding steroid dienone is 42. The number of hydrogen-bond donors (Lipinski definition) is 1. The predicted molar refractivity (Wildman–Crippen MR) is 453 cm³/mol. The normalized spacial score (nSPS) is 14.4. The van der Waals surface area contributed by atoms with E-state index in [4.69, 9.17) is 18.5 Å². The van der Waals surface area contributed by atoms with Crippen LogP contribution in [-0.4, -0.2) is 74.9 Å². The predicted octanol–water partition coefficient (Wildman–Crippen LogP) is 27.6. The third-order valence-electron chi connectivity index (χ3n) is 16.1. The molecule has 0 amide bonds. The maximum Gasteiger partial charge on any atom is 0.472 e. The number of carbonyl (C=O) groups excluding carboxylic acids is 2. The average Bonchev–Trinajstić information content (AvgIpc) is 0.920. The molecule has 0 aromatic carbocycles. The van der Waals surface area contributed by atoms with E-state index in [1.807, 2.05) is 21.1 Å². The third kappa shape index (κ3) is 84.5. The van der Waals surface area contributed by atoms with Gasteiger partial charge in [0.15, 0.2) is 6.10 Å². The molecular formula is C94H147NO8P+. The fourth-order valence-electron chi connectivity index (χ4n) is 9.99. The minimum atomic E-state index is -4.42. The summed E-state index contributed by atoms with van der Waals surface area (Å²) in [6, 6.07) is 0. The van der Waals surface area contributed by atoms with Crippen LogP contribution < -0.4 is 0 Å². The van der Waals surface area contributed by atoms with Crippen molar-refractivity contribution in [2.75, 3.05) is 47.5 Å². The van der Waals surface area contributed by atoms with E-state index in [0.717, 1.165) is 193 Å². The van der Waals surface area contributed by atoms with Crippen molar-refractivity contribution in [3.8, 4) is 0 Å². The topological polar surface area (TPSA) is 108 Å². The Labute approximate surface area is 637 Å². The molecule has 0 aliphatic rings. The fourth-order valence-corrected chi connectivity index (χ4v) is 10.7. The van der Waals surface area contributed by atoms with Crippen LogP contribution in [0, 0.1) is 0 Å². The molecular weight excluding hydrogens is 1300 g/mol. The fraction of sp³-hybridized carbons (Fsp3) is 0.532. The summed E-state index contributed by atoms with van der Waals surface area (Å²) in [5, 5.41) is 0. The number of quaternary nitrogens is 1. The summed E-state index contributed by atoms with van der Waals surface area (Å²) >= 11 is 0. The molecule has 10 heteroatoms. The lowest BCUT2D eigenvalue weighted by Gasteiger charge is -2.24. The summed E-state index contributed by atoms with van der Waals surface area (Å²) in [5.41, 5.74) is 0. The second-order valence-corrected chi connectivity index (χ2v) is 28.4. The molecule has 0 radical (unpaired) electrons. The van der Waals surface area contributed by atoms with Crippen molar-refractivity contribution >= 4 is 19.8 Å². The van der Waals surface area contributed by atoms with Gasteiger partial charge in [-0.15, -0.1) is 0 Å². The Hall–Kier alpha value is -6.45. The van der Waals surface area contributed by atoms with Crippen molar-refractivity contribution in [3.05, 3.63) is 255 Å². The molecule has 104 heavy (non-hydrogen) atoms. The largest absolute Gasteiger partial charge is 0.472 e. The lowest BCUT2D eigenvalue weighted by atomic mass is 10.0. The minimum absolute atomic E-state index is 0.0126. The Bertz CT molecular complexity index is 2720. The van der Waals surface area contributed by atoms with Gasteiger partial charge in [-0.25, -0.2) is 4.57 Å². The number of unbranched alkanes of at least 4 members (excludes halogenated alkanes) is 15. The van der Waals surface area contributed by atoms with Gasteiger partial charge in [0.1, 0.15) is 19.8 Å². The van der Waals surface area contributed by atoms with Crippen LogP contribution >= 0.6 is 7.82 Å². The van der Waals surface area contributed by atoms with E-state index >= 15 is 0 Å². The van der Waals surface area contributed by atoms with Crippen molar-refractivity contribution in [3.63, 3.8) is 0 Å². The number of phosphoric ester groups is 1. The highest BCUT2D eigenvalue weighted by molar-refractivity contribution is 7.47. The number of nitrogens with zero attached hydrogens (tertiary/aromatic N) is 1. The number of ether oxygens (including phenoxy) is 2. The molecule has 0 aliphatic carbocycles. The monoisotopic (exact) mass is 1450 g/mol. The van der Waals surface area contributed by atoms with Gasteiger partial charge in [0, 0.05) is 12.8 Å². The molecule has 0 saturated heterocycles. The number of phosphoric acid groups is 1. The Morgan fingerprint density at radius 1 is 0.298 bits per heavy atom. The zero-order valence-electron chi connectivity index (χ0n) is 66.1. The average molecular weight is 1450 g/mol. The van der Waals surface area contributed by atoms with E-state index in [2.05, 4.69) is 269 Å². The van der Waals surface area contributed by atoms with Gasteiger partial charge in [0.25, 0.3) is 0 Å². The van der Waals surface area contributed by atoms with Crippen LogP contribution in [0.25, 0.3) is 0 Å². The van der Waals surface area contributed by atoms with E-state index < -0.39 is 26.5 Å². The van der Waals surface area contributed by atoms with Crippen LogP contribution in [0.15, 0.2) is 255 Å². The smallest absolute Gasteiger partial charge is 0.462 e. The highest BCUT2D eigenvalue weighted by atomic mass is 31.2. The zero-order chi connectivity index (χ0) is 75.4. The summed E-state index contributed by atoms with van der Waals surface area (Å²) in [6.07, 6.45) is 133. The maximum atomic E-state index is 12.9.